The van der Waals surface area contributed by atoms with Crippen molar-refractivity contribution >= 4 is 33.7 Å². The lowest BCUT2D eigenvalue weighted by Crippen LogP contribution is -2.17. The third kappa shape index (κ3) is 3.29. The van der Waals surface area contributed by atoms with E-state index < -0.39 is 0 Å². The summed E-state index contributed by atoms with van der Waals surface area (Å²) in [5.41, 5.74) is 6.46. The number of nitrogens with one attached hydrogen (secondary N) is 2. The van der Waals surface area contributed by atoms with Crippen LogP contribution < -0.4 is 10.6 Å². The Balaban J connectivity index is 1.61. The van der Waals surface area contributed by atoms with Gasteiger partial charge in [0.15, 0.2) is 5.13 Å². The fourth-order valence-corrected chi connectivity index (χ4v) is 3.70. The predicted molar refractivity (Wildman–Crippen MR) is 109 cm³/mol. The Labute approximate surface area is 160 Å². The Hall–Kier alpha value is -3.19. The van der Waals surface area contributed by atoms with Gasteiger partial charge in [-0.15, -0.1) is 11.3 Å². The van der Waals surface area contributed by atoms with Gasteiger partial charge in [-0.05, 0) is 55.8 Å². The van der Waals surface area contributed by atoms with Gasteiger partial charge in [-0.25, -0.2) is 9.97 Å². The minimum atomic E-state index is -0.101. The number of aromatic nitrogens is 3. The number of nitrogens with zero attached hydrogens (tertiary/aromatic N) is 3. The topological polar surface area (TPSA) is 71.3 Å². The molecule has 27 heavy (non-hydrogen) atoms. The summed E-state index contributed by atoms with van der Waals surface area (Å²) in [4.78, 5) is 21.0. The number of hydrogen-bond acceptors (Lipinski definition) is 5. The maximum Gasteiger partial charge on any atom is 0.251 e. The molecule has 7 heteroatoms. The van der Waals surface area contributed by atoms with Gasteiger partial charge in [0.1, 0.15) is 11.3 Å². The van der Waals surface area contributed by atoms with Crippen molar-refractivity contribution in [2.45, 2.75) is 13.8 Å². The molecule has 4 rings (SSSR count). The molecule has 0 aliphatic rings. The number of carbonyl (C=O) groups is 1. The highest BCUT2D eigenvalue weighted by molar-refractivity contribution is 7.14. The van der Waals surface area contributed by atoms with Crippen LogP contribution in [0.1, 0.15) is 21.6 Å². The number of anilines is 2. The molecular weight excluding hydrogens is 358 g/mol. The number of carbonyl (C=O) groups excluding carboxylic acids is 1. The summed E-state index contributed by atoms with van der Waals surface area (Å²) in [6.07, 6.45) is 2.03. The molecule has 6 nitrogen and oxygen atoms in total. The van der Waals surface area contributed by atoms with E-state index in [4.69, 9.17) is 4.98 Å². The van der Waals surface area contributed by atoms with E-state index >= 15 is 0 Å². The number of amides is 1. The smallest absolute Gasteiger partial charge is 0.251 e. The molecule has 0 aliphatic heterocycles. The molecule has 1 amide bonds. The lowest BCUT2D eigenvalue weighted by Gasteiger charge is -2.04. The SMILES string of the molecule is CNC(=O)c1ccc(Nc2nc(-c3c(C)nc4cc(C)ccn34)cs2)cc1. The zero-order chi connectivity index (χ0) is 19.0. The Morgan fingerprint density at radius 3 is 2.63 bits per heavy atom. The van der Waals surface area contributed by atoms with Gasteiger partial charge in [-0.2, -0.15) is 0 Å². The van der Waals surface area contributed by atoms with Crippen LogP contribution in [-0.4, -0.2) is 27.3 Å². The summed E-state index contributed by atoms with van der Waals surface area (Å²) in [7, 11) is 1.62. The van der Waals surface area contributed by atoms with Gasteiger partial charge in [-0.1, -0.05) is 0 Å². The van der Waals surface area contributed by atoms with Crippen LogP contribution in [0.25, 0.3) is 17.0 Å². The first-order chi connectivity index (χ1) is 13.0. The molecular formula is C20H19N5OS. The highest BCUT2D eigenvalue weighted by Crippen LogP contribution is 2.30. The summed E-state index contributed by atoms with van der Waals surface area (Å²) in [6, 6.07) is 11.4. The number of imidazole rings is 1. The molecule has 3 heterocycles. The molecule has 0 fully saturated rings. The molecule has 0 saturated carbocycles. The first-order valence-electron chi connectivity index (χ1n) is 8.55. The van der Waals surface area contributed by atoms with Gasteiger partial charge in [0.05, 0.1) is 11.4 Å². The molecule has 0 atom stereocenters. The largest absolute Gasteiger partial charge is 0.355 e. The lowest BCUT2D eigenvalue weighted by atomic mass is 10.2. The summed E-state index contributed by atoms with van der Waals surface area (Å²) in [5, 5.41) is 8.72. The van der Waals surface area contributed by atoms with E-state index in [1.165, 1.54) is 16.9 Å². The van der Waals surface area contributed by atoms with Crippen LogP contribution in [0.4, 0.5) is 10.8 Å². The van der Waals surface area contributed by atoms with E-state index in [1.54, 1.807) is 19.2 Å². The first-order valence-corrected chi connectivity index (χ1v) is 9.43. The van der Waals surface area contributed by atoms with Crippen molar-refractivity contribution in [2.75, 3.05) is 12.4 Å². The highest BCUT2D eigenvalue weighted by atomic mass is 32.1. The van der Waals surface area contributed by atoms with Gasteiger partial charge in [0.25, 0.3) is 5.91 Å². The zero-order valence-corrected chi connectivity index (χ0v) is 16.1. The van der Waals surface area contributed by atoms with Crippen molar-refractivity contribution < 1.29 is 4.79 Å². The van der Waals surface area contributed by atoms with Crippen molar-refractivity contribution in [3.63, 3.8) is 0 Å². The Morgan fingerprint density at radius 2 is 1.89 bits per heavy atom. The van der Waals surface area contributed by atoms with Crippen LogP contribution in [0.15, 0.2) is 48.0 Å². The normalized spacial score (nSPS) is 10.9. The van der Waals surface area contributed by atoms with E-state index in [0.29, 0.717) is 5.56 Å². The van der Waals surface area contributed by atoms with E-state index in [9.17, 15) is 4.79 Å². The maximum absolute atomic E-state index is 11.6. The van der Waals surface area contributed by atoms with E-state index in [0.717, 1.165) is 33.5 Å². The van der Waals surface area contributed by atoms with Crippen molar-refractivity contribution in [3.05, 3.63) is 64.8 Å². The molecule has 0 bridgehead atoms. The van der Waals surface area contributed by atoms with Crippen molar-refractivity contribution in [1.29, 1.82) is 0 Å². The zero-order valence-electron chi connectivity index (χ0n) is 15.3. The van der Waals surface area contributed by atoms with E-state index in [-0.39, 0.29) is 5.91 Å². The van der Waals surface area contributed by atoms with Crippen molar-refractivity contribution in [1.82, 2.24) is 19.7 Å². The number of pyridine rings is 1. The second kappa shape index (κ2) is 6.85. The molecule has 4 aromatic rings. The molecule has 0 unspecified atom stereocenters. The monoisotopic (exact) mass is 377 g/mol. The Morgan fingerprint density at radius 1 is 1.11 bits per heavy atom. The third-order valence-electron chi connectivity index (χ3n) is 4.33. The second-order valence-electron chi connectivity index (χ2n) is 6.30. The molecule has 136 valence electrons. The van der Waals surface area contributed by atoms with Crippen LogP contribution in [0.2, 0.25) is 0 Å². The summed E-state index contributed by atoms with van der Waals surface area (Å²) >= 11 is 1.54. The van der Waals surface area contributed by atoms with E-state index in [2.05, 4.69) is 39.1 Å². The Kier molecular flexibility index (Phi) is 4.37. The molecule has 3 aromatic heterocycles. The predicted octanol–water partition coefficient (Wildman–Crippen LogP) is 4.18. The van der Waals surface area contributed by atoms with Crippen LogP contribution in [0.3, 0.4) is 0 Å². The van der Waals surface area contributed by atoms with Crippen molar-refractivity contribution in [3.8, 4) is 11.4 Å². The summed E-state index contributed by atoms with van der Waals surface area (Å²) < 4.78 is 2.07. The number of thiazole rings is 1. The minimum Gasteiger partial charge on any atom is -0.355 e. The Bertz CT molecular complexity index is 1130. The van der Waals surface area contributed by atoms with E-state index in [1.807, 2.05) is 30.6 Å². The summed E-state index contributed by atoms with van der Waals surface area (Å²) in [6.45, 7) is 4.06. The average molecular weight is 377 g/mol. The molecule has 0 saturated heterocycles. The maximum atomic E-state index is 11.6. The van der Waals surface area contributed by atoms with Crippen LogP contribution >= 0.6 is 11.3 Å². The van der Waals surface area contributed by atoms with Crippen LogP contribution in [-0.2, 0) is 0 Å². The fraction of sp³-hybridized carbons (Fsp3) is 0.150. The highest BCUT2D eigenvalue weighted by Gasteiger charge is 2.14. The summed E-state index contributed by atoms with van der Waals surface area (Å²) in [5.74, 6) is -0.101. The number of fused-ring (bicyclic) bond motifs is 1. The lowest BCUT2D eigenvalue weighted by molar-refractivity contribution is 0.0963. The molecule has 0 spiro atoms. The number of hydrogen-bond donors (Lipinski definition) is 2. The van der Waals surface area contributed by atoms with Gasteiger partial charge < -0.3 is 10.6 Å². The van der Waals surface area contributed by atoms with Crippen LogP contribution in [0, 0.1) is 13.8 Å². The average Bonchev–Trinajstić information content (AvgIpc) is 3.24. The van der Waals surface area contributed by atoms with Crippen molar-refractivity contribution in [2.24, 2.45) is 0 Å². The molecule has 1 aromatic carbocycles. The number of benzene rings is 1. The third-order valence-corrected chi connectivity index (χ3v) is 5.09. The second-order valence-corrected chi connectivity index (χ2v) is 7.16. The molecule has 2 N–H and O–H groups in total. The quantitative estimate of drug-likeness (QED) is 0.560. The molecule has 0 radical (unpaired) electrons. The van der Waals surface area contributed by atoms with Gasteiger partial charge in [-0.3, -0.25) is 9.20 Å². The number of aryl methyl sites for hydroxylation is 2. The van der Waals surface area contributed by atoms with Gasteiger partial charge in [0.2, 0.25) is 0 Å². The van der Waals surface area contributed by atoms with Gasteiger partial charge >= 0.3 is 0 Å². The van der Waals surface area contributed by atoms with Crippen LogP contribution in [0.5, 0.6) is 0 Å². The first kappa shape index (κ1) is 17.2. The fourth-order valence-electron chi connectivity index (χ4n) is 2.99. The number of rotatable bonds is 4. The van der Waals surface area contributed by atoms with Gasteiger partial charge in [0, 0.05) is 29.9 Å². The minimum absolute atomic E-state index is 0.101. The standard InChI is InChI=1S/C20H19N5OS/c1-12-8-9-25-17(10-12)22-13(2)18(25)16-11-27-20(24-16)23-15-6-4-14(5-7-15)19(26)21-3/h4-11H,1-3H3,(H,21,26)(H,23,24). The molecule has 0 aliphatic carbocycles.